The van der Waals surface area contributed by atoms with Crippen LogP contribution in [-0.2, 0) is 9.53 Å². The summed E-state index contributed by atoms with van der Waals surface area (Å²) < 4.78 is 19.3. The number of pyridine rings is 1. The number of methoxy groups -OCH3 is 1. The van der Waals surface area contributed by atoms with Crippen LogP contribution in [0.1, 0.15) is 22.8 Å². The van der Waals surface area contributed by atoms with Crippen LogP contribution in [0.25, 0.3) is 11.0 Å². The average molecular weight is 368 g/mol. The number of carbonyl (C=O) groups excluding carboxylic acids is 2. The summed E-state index contributed by atoms with van der Waals surface area (Å²) in [5.74, 6) is -1.34. The van der Waals surface area contributed by atoms with Crippen LogP contribution in [0, 0.1) is 5.82 Å². The van der Waals surface area contributed by atoms with Crippen LogP contribution in [0.4, 0.5) is 15.8 Å². The molecule has 0 bridgehead atoms. The van der Waals surface area contributed by atoms with Gasteiger partial charge in [-0.15, -0.1) is 0 Å². The first-order valence-electron chi connectivity index (χ1n) is 8.32. The number of nitrogens with zero attached hydrogens (tertiary/aromatic N) is 1. The largest absolute Gasteiger partial charge is 0.382 e. The lowest BCUT2D eigenvalue weighted by Crippen LogP contribution is -2.53. The lowest BCUT2D eigenvalue weighted by Gasteiger charge is -2.35. The van der Waals surface area contributed by atoms with Gasteiger partial charge in [-0.2, -0.15) is 0 Å². The van der Waals surface area contributed by atoms with Gasteiger partial charge in [0, 0.05) is 13.3 Å². The second-order valence-corrected chi connectivity index (χ2v) is 6.63. The van der Waals surface area contributed by atoms with Gasteiger partial charge in [-0.25, -0.2) is 9.37 Å². The van der Waals surface area contributed by atoms with E-state index in [1.165, 1.54) is 37.7 Å². The first-order chi connectivity index (χ1) is 12.9. The number of aromatic amines is 1. The molecule has 3 aromatic rings. The number of nitrogens with one attached hydrogen (secondary N) is 3. The van der Waals surface area contributed by atoms with Gasteiger partial charge in [-0.05, 0) is 19.1 Å². The van der Waals surface area contributed by atoms with Crippen LogP contribution >= 0.6 is 0 Å². The summed E-state index contributed by atoms with van der Waals surface area (Å²) in [5.41, 5.74) is 0.657. The molecule has 2 aromatic heterocycles. The molecule has 0 aliphatic carbocycles. The van der Waals surface area contributed by atoms with Gasteiger partial charge in [0.1, 0.15) is 17.0 Å². The van der Waals surface area contributed by atoms with Gasteiger partial charge in [-0.1, -0.05) is 12.1 Å². The van der Waals surface area contributed by atoms with E-state index in [0.717, 1.165) is 0 Å². The van der Waals surface area contributed by atoms with Gasteiger partial charge in [-0.3, -0.25) is 9.59 Å². The third kappa shape index (κ3) is 2.65. The second-order valence-electron chi connectivity index (χ2n) is 6.63. The minimum Gasteiger partial charge on any atom is -0.382 e. The van der Waals surface area contributed by atoms with E-state index in [0.29, 0.717) is 22.4 Å². The quantitative estimate of drug-likeness (QED) is 0.616. The van der Waals surface area contributed by atoms with Crippen molar-refractivity contribution >= 4 is 34.1 Å². The number of amides is 1. The maximum atomic E-state index is 14.1. The highest BCUT2D eigenvalue weighted by atomic mass is 19.1. The molecule has 3 N–H and O–H groups in total. The van der Waals surface area contributed by atoms with Crippen molar-refractivity contribution in [2.24, 2.45) is 0 Å². The molecule has 8 heteroatoms. The Bertz CT molecular complexity index is 1080. The number of H-pyrrole nitrogens is 1. The molecule has 1 aliphatic heterocycles. The normalized spacial score (nSPS) is 18.7. The number of anilines is 2. The summed E-state index contributed by atoms with van der Waals surface area (Å²) in [6, 6.07) is 5.80. The van der Waals surface area contributed by atoms with Gasteiger partial charge in [0.05, 0.1) is 40.7 Å². The molecule has 3 heterocycles. The minimum absolute atomic E-state index is 0.0319. The fourth-order valence-corrected chi connectivity index (χ4v) is 3.27. The predicted octanol–water partition coefficient (Wildman–Crippen LogP) is 2.70. The molecule has 0 fully saturated rings. The number of hydrogen-bond acceptors (Lipinski definition) is 5. The van der Waals surface area contributed by atoms with Crippen LogP contribution < -0.4 is 10.6 Å². The lowest BCUT2D eigenvalue weighted by atomic mass is 9.96. The van der Waals surface area contributed by atoms with E-state index in [2.05, 4.69) is 20.6 Å². The van der Waals surface area contributed by atoms with Gasteiger partial charge >= 0.3 is 0 Å². The molecular formula is C19H17FN4O3. The Kier molecular flexibility index (Phi) is 3.92. The number of halogens is 1. The summed E-state index contributed by atoms with van der Waals surface area (Å²) in [4.78, 5) is 32.6. The molecule has 0 unspecified atom stereocenters. The van der Waals surface area contributed by atoms with Crippen molar-refractivity contribution in [3.8, 4) is 0 Å². The maximum Gasteiger partial charge on any atom is 0.252 e. The van der Waals surface area contributed by atoms with E-state index in [1.807, 2.05) is 0 Å². The molecule has 0 radical (unpaired) electrons. The van der Waals surface area contributed by atoms with Crippen LogP contribution in [0.5, 0.6) is 0 Å². The summed E-state index contributed by atoms with van der Waals surface area (Å²) in [6.45, 7) is 1.83. The Morgan fingerprint density at radius 2 is 2.07 bits per heavy atom. The zero-order chi connectivity index (χ0) is 19.2. The summed E-state index contributed by atoms with van der Waals surface area (Å²) in [6.07, 6.45) is 3.00. The Hall–Kier alpha value is -3.26. The zero-order valence-electron chi connectivity index (χ0n) is 14.7. The van der Waals surface area contributed by atoms with Gasteiger partial charge in [0.2, 0.25) is 0 Å². The Balaban J connectivity index is 1.89. The van der Waals surface area contributed by atoms with E-state index in [1.54, 1.807) is 13.0 Å². The molecule has 0 spiro atoms. The van der Waals surface area contributed by atoms with Gasteiger partial charge in [0.25, 0.3) is 5.91 Å². The molecule has 0 saturated carbocycles. The number of ketones is 1. The monoisotopic (exact) mass is 368 g/mol. The van der Waals surface area contributed by atoms with Crippen LogP contribution in [0.2, 0.25) is 0 Å². The van der Waals surface area contributed by atoms with Crippen molar-refractivity contribution < 1.29 is 18.7 Å². The SMILES string of the molecule is COC[C@]1(C)Nc2c(cnc3[nH]cc(C(=O)c4ccccc4F)c23)NC1=O. The molecule has 27 heavy (non-hydrogen) atoms. The molecule has 138 valence electrons. The van der Waals surface area contributed by atoms with E-state index in [-0.39, 0.29) is 23.6 Å². The summed E-state index contributed by atoms with van der Waals surface area (Å²) >= 11 is 0. The molecular weight excluding hydrogens is 351 g/mol. The zero-order valence-corrected chi connectivity index (χ0v) is 14.7. The van der Waals surface area contributed by atoms with Crippen LogP contribution in [0.15, 0.2) is 36.7 Å². The van der Waals surface area contributed by atoms with Gasteiger partial charge in [0.15, 0.2) is 5.78 Å². The molecule has 1 atom stereocenters. The Morgan fingerprint density at radius 3 is 2.81 bits per heavy atom. The molecule has 1 aliphatic rings. The lowest BCUT2D eigenvalue weighted by molar-refractivity contribution is -0.121. The highest BCUT2D eigenvalue weighted by Gasteiger charge is 2.39. The number of fused-ring (bicyclic) bond motifs is 3. The standard InChI is InChI=1S/C19H17FN4O3/c1-19(9-27-2)18(26)23-13-8-22-17-14(15(13)24-19)11(7-21-17)16(25)10-5-3-4-6-12(10)20/h3-8,24H,9H2,1-2H3,(H,21,22)(H,23,26)/t19-/m0/s1. The fraction of sp³-hybridized carbons (Fsp3) is 0.211. The third-order valence-electron chi connectivity index (χ3n) is 4.65. The number of aromatic nitrogens is 2. The van der Waals surface area contributed by atoms with E-state index < -0.39 is 17.1 Å². The minimum atomic E-state index is -1.02. The molecule has 1 aromatic carbocycles. The second kappa shape index (κ2) is 6.17. The Labute approximate surface area is 153 Å². The third-order valence-corrected chi connectivity index (χ3v) is 4.65. The van der Waals surface area contributed by atoms with Crippen molar-refractivity contribution in [3.05, 3.63) is 53.6 Å². The highest BCUT2D eigenvalue weighted by molar-refractivity contribution is 6.21. The first kappa shape index (κ1) is 17.2. The number of hydrogen-bond donors (Lipinski definition) is 3. The number of carbonyl (C=O) groups is 2. The molecule has 1 amide bonds. The number of rotatable bonds is 4. The van der Waals surface area contributed by atoms with Crippen molar-refractivity contribution in [3.63, 3.8) is 0 Å². The maximum absolute atomic E-state index is 14.1. The molecule has 0 saturated heterocycles. The number of benzene rings is 1. The smallest absolute Gasteiger partial charge is 0.252 e. The van der Waals surface area contributed by atoms with E-state index in [9.17, 15) is 14.0 Å². The summed E-state index contributed by atoms with van der Waals surface area (Å²) in [5, 5.41) is 6.45. The molecule has 4 rings (SSSR count). The van der Waals surface area contributed by atoms with Crippen LogP contribution in [0.3, 0.4) is 0 Å². The van der Waals surface area contributed by atoms with Crippen molar-refractivity contribution in [1.82, 2.24) is 9.97 Å². The molecule has 7 nitrogen and oxygen atoms in total. The topological polar surface area (TPSA) is 96.1 Å². The fourth-order valence-electron chi connectivity index (χ4n) is 3.27. The highest BCUT2D eigenvalue weighted by Crippen LogP contribution is 2.38. The first-order valence-corrected chi connectivity index (χ1v) is 8.32. The van der Waals surface area contributed by atoms with E-state index in [4.69, 9.17) is 4.74 Å². The van der Waals surface area contributed by atoms with Gasteiger partial charge < -0.3 is 20.4 Å². The van der Waals surface area contributed by atoms with Crippen molar-refractivity contribution in [2.75, 3.05) is 24.4 Å². The Morgan fingerprint density at radius 1 is 1.30 bits per heavy atom. The van der Waals surface area contributed by atoms with Crippen LogP contribution in [-0.4, -0.2) is 40.9 Å². The van der Waals surface area contributed by atoms with E-state index >= 15 is 0 Å². The summed E-state index contributed by atoms with van der Waals surface area (Å²) in [7, 11) is 1.50. The van der Waals surface area contributed by atoms with Crippen molar-refractivity contribution in [2.45, 2.75) is 12.5 Å². The predicted molar refractivity (Wildman–Crippen MR) is 98.5 cm³/mol. The average Bonchev–Trinajstić information content (AvgIpc) is 3.07. The number of ether oxygens (including phenoxy) is 1. The van der Waals surface area contributed by atoms with Crippen molar-refractivity contribution in [1.29, 1.82) is 0 Å².